The Bertz CT molecular complexity index is 168. The second-order valence-electron chi connectivity index (χ2n) is 2.12. The van der Waals surface area contributed by atoms with E-state index in [1.165, 1.54) is 11.9 Å². The third-order valence-electron chi connectivity index (χ3n) is 1.12. The van der Waals surface area contributed by atoms with Gasteiger partial charge in [-0.3, -0.25) is 15.0 Å². The van der Waals surface area contributed by atoms with Crippen molar-refractivity contribution in [2.24, 2.45) is 0 Å². The number of hydrazine groups is 1. The summed E-state index contributed by atoms with van der Waals surface area (Å²) in [5.41, 5.74) is 2.48. The lowest BCUT2D eigenvalue weighted by atomic mass is 10.6. The molecule has 0 aliphatic carbocycles. The number of rotatable bonds is 1. The second-order valence-corrected chi connectivity index (χ2v) is 2.12. The van der Waals surface area contributed by atoms with Crippen LogP contribution in [0.15, 0.2) is 0 Å². The van der Waals surface area contributed by atoms with Crippen molar-refractivity contribution in [3.05, 3.63) is 0 Å². The summed E-state index contributed by atoms with van der Waals surface area (Å²) in [7, 11) is 0. The van der Waals surface area contributed by atoms with Gasteiger partial charge in [-0.2, -0.15) is 5.01 Å². The van der Waals surface area contributed by atoms with Crippen molar-refractivity contribution in [1.82, 2.24) is 15.8 Å². The zero-order valence-electron chi connectivity index (χ0n) is 5.68. The molecule has 0 aromatic carbocycles. The molecule has 0 atom stereocenters. The molecule has 1 fully saturated rings. The van der Waals surface area contributed by atoms with Gasteiger partial charge in [0, 0.05) is 6.92 Å². The van der Waals surface area contributed by atoms with Crippen LogP contribution in [0.4, 0.5) is 0 Å². The SMILES string of the molecule is CC(=O)NN1CNC(=O)C1. The molecule has 1 heterocycles. The van der Waals surface area contributed by atoms with Crippen molar-refractivity contribution >= 4 is 11.8 Å². The number of hydrogen-bond acceptors (Lipinski definition) is 3. The van der Waals surface area contributed by atoms with Gasteiger partial charge in [0.15, 0.2) is 0 Å². The van der Waals surface area contributed by atoms with Crippen LogP contribution in [0, 0.1) is 0 Å². The van der Waals surface area contributed by atoms with Gasteiger partial charge in [0.2, 0.25) is 11.8 Å². The first kappa shape index (κ1) is 7.01. The highest BCUT2D eigenvalue weighted by atomic mass is 16.2. The monoisotopic (exact) mass is 143 g/mol. The molecule has 0 aromatic heterocycles. The largest absolute Gasteiger partial charge is 0.340 e. The van der Waals surface area contributed by atoms with Crippen LogP contribution >= 0.6 is 0 Å². The highest BCUT2D eigenvalue weighted by Crippen LogP contribution is 1.87. The molecule has 0 bridgehead atoms. The predicted molar refractivity (Wildman–Crippen MR) is 33.5 cm³/mol. The zero-order valence-corrected chi connectivity index (χ0v) is 5.68. The summed E-state index contributed by atoms with van der Waals surface area (Å²) < 4.78 is 0. The summed E-state index contributed by atoms with van der Waals surface area (Å²) >= 11 is 0. The van der Waals surface area contributed by atoms with Gasteiger partial charge in [0.25, 0.3) is 0 Å². The fraction of sp³-hybridized carbons (Fsp3) is 0.600. The summed E-state index contributed by atoms with van der Waals surface area (Å²) in [5, 5.41) is 4.07. The van der Waals surface area contributed by atoms with Gasteiger partial charge in [0.05, 0.1) is 13.2 Å². The fourth-order valence-corrected chi connectivity index (χ4v) is 0.770. The first-order chi connectivity index (χ1) is 4.68. The molecule has 1 aliphatic rings. The molecule has 0 unspecified atom stereocenters. The highest BCUT2D eigenvalue weighted by molar-refractivity contribution is 5.80. The summed E-state index contributed by atoms with van der Waals surface area (Å²) in [6.07, 6.45) is 0. The van der Waals surface area contributed by atoms with Crippen molar-refractivity contribution in [2.45, 2.75) is 6.92 Å². The summed E-state index contributed by atoms with van der Waals surface area (Å²) in [5.74, 6) is -0.217. The van der Waals surface area contributed by atoms with E-state index >= 15 is 0 Å². The van der Waals surface area contributed by atoms with Gasteiger partial charge in [-0.1, -0.05) is 0 Å². The van der Waals surface area contributed by atoms with E-state index in [1.54, 1.807) is 0 Å². The number of nitrogens with zero attached hydrogens (tertiary/aromatic N) is 1. The van der Waals surface area contributed by atoms with Crippen molar-refractivity contribution in [1.29, 1.82) is 0 Å². The number of carbonyl (C=O) groups is 2. The maximum Gasteiger partial charge on any atom is 0.237 e. The Morgan fingerprint density at radius 1 is 1.80 bits per heavy atom. The number of amides is 2. The molecule has 56 valence electrons. The molecular formula is C5H9N3O2. The summed E-state index contributed by atoms with van der Waals surface area (Å²) in [6.45, 7) is 2.06. The van der Waals surface area contributed by atoms with E-state index in [0.29, 0.717) is 6.67 Å². The molecule has 1 aliphatic heterocycles. The molecule has 0 radical (unpaired) electrons. The van der Waals surface area contributed by atoms with Crippen LogP contribution in [0.1, 0.15) is 6.92 Å². The highest BCUT2D eigenvalue weighted by Gasteiger charge is 2.17. The van der Waals surface area contributed by atoms with E-state index in [9.17, 15) is 9.59 Å². The standard InChI is InChI=1S/C5H9N3O2/c1-4(9)7-8-2-5(10)6-3-8/h2-3H2,1H3,(H,6,10)(H,7,9). The summed E-state index contributed by atoms with van der Waals surface area (Å²) in [4.78, 5) is 20.9. The van der Waals surface area contributed by atoms with E-state index in [1.807, 2.05) is 0 Å². The Morgan fingerprint density at radius 3 is 2.90 bits per heavy atom. The van der Waals surface area contributed by atoms with Crippen molar-refractivity contribution in [3.63, 3.8) is 0 Å². The third kappa shape index (κ3) is 1.70. The Morgan fingerprint density at radius 2 is 2.50 bits per heavy atom. The normalized spacial score (nSPS) is 18.7. The minimum atomic E-state index is -0.156. The van der Waals surface area contributed by atoms with Gasteiger partial charge in [-0.15, -0.1) is 0 Å². The van der Waals surface area contributed by atoms with Crippen LogP contribution in [-0.2, 0) is 9.59 Å². The van der Waals surface area contributed by atoms with Gasteiger partial charge in [-0.25, -0.2) is 0 Å². The van der Waals surface area contributed by atoms with Gasteiger partial charge in [0.1, 0.15) is 0 Å². The van der Waals surface area contributed by atoms with Gasteiger partial charge >= 0.3 is 0 Å². The van der Waals surface area contributed by atoms with E-state index in [-0.39, 0.29) is 18.4 Å². The molecular weight excluding hydrogens is 134 g/mol. The topological polar surface area (TPSA) is 61.4 Å². The van der Waals surface area contributed by atoms with Crippen LogP contribution in [0.2, 0.25) is 0 Å². The molecule has 1 rings (SSSR count). The molecule has 10 heavy (non-hydrogen) atoms. The lowest BCUT2D eigenvalue weighted by Gasteiger charge is -2.11. The molecule has 5 nitrogen and oxygen atoms in total. The molecule has 2 N–H and O–H groups in total. The van der Waals surface area contributed by atoms with Crippen molar-refractivity contribution in [3.8, 4) is 0 Å². The van der Waals surface area contributed by atoms with Crippen LogP contribution in [0.3, 0.4) is 0 Å². The van der Waals surface area contributed by atoms with Gasteiger partial charge in [-0.05, 0) is 0 Å². The third-order valence-corrected chi connectivity index (χ3v) is 1.12. The number of carbonyl (C=O) groups excluding carboxylic acids is 2. The van der Waals surface area contributed by atoms with Crippen LogP contribution in [0.25, 0.3) is 0 Å². The fourth-order valence-electron chi connectivity index (χ4n) is 0.770. The molecule has 1 saturated heterocycles. The lowest BCUT2D eigenvalue weighted by Crippen LogP contribution is -2.39. The quantitative estimate of drug-likeness (QED) is 0.466. The first-order valence-electron chi connectivity index (χ1n) is 2.97. The minimum absolute atomic E-state index is 0.0613. The van der Waals surface area contributed by atoms with E-state index in [0.717, 1.165) is 0 Å². The predicted octanol–water partition coefficient (Wildman–Crippen LogP) is -1.57. The number of nitrogens with one attached hydrogen (secondary N) is 2. The average molecular weight is 143 g/mol. The molecule has 0 saturated carbocycles. The number of hydrogen-bond donors (Lipinski definition) is 2. The molecule has 0 spiro atoms. The van der Waals surface area contributed by atoms with E-state index in [2.05, 4.69) is 10.7 Å². The van der Waals surface area contributed by atoms with E-state index in [4.69, 9.17) is 0 Å². The lowest BCUT2D eigenvalue weighted by molar-refractivity contribution is -0.123. The molecule has 5 heteroatoms. The Kier molecular flexibility index (Phi) is 1.86. The Labute approximate surface area is 58.3 Å². The van der Waals surface area contributed by atoms with Gasteiger partial charge < -0.3 is 5.32 Å². The second kappa shape index (κ2) is 2.66. The van der Waals surface area contributed by atoms with Crippen molar-refractivity contribution < 1.29 is 9.59 Å². The Hall–Kier alpha value is -1.10. The zero-order chi connectivity index (χ0) is 7.56. The summed E-state index contributed by atoms with van der Waals surface area (Å²) in [6, 6.07) is 0. The maximum absolute atomic E-state index is 10.5. The first-order valence-corrected chi connectivity index (χ1v) is 2.97. The van der Waals surface area contributed by atoms with E-state index < -0.39 is 0 Å². The van der Waals surface area contributed by atoms with Crippen LogP contribution in [0.5, 0.6) is 0 Å². The maximum atomic E-state index is 10.5. The molecule has 0 aromatic rings. The minimum Gasteiger partial charge on any atom is -0.340 e. The van der Waals surface area contributed by atoms with Crippen molar-refractivity contribution in [2.75, 3.05) is 13.2 Å². The Balaban J connectivity index is 2.31. The van der Waals surface area contributed by atoms with Crippen LogP contribution in [-0.4, -0.2) is 30.0 Å². The molecule has 2 amide bonds. The van der Waals surface area contributed by atoms with Crippen LogP contribution < -0.4 is 10.7 Å². The average Bonchev–Trinajstić information content (AvgIpc) is 2.13. The smallest absolute Gasteiger partial charge is 0.237 e.